The second-order valence-corrected chi connectivity index (χ2v) is 9.87. The number of rotatable bonds is 9. The molecule has 0 spiro atoms. The lowest BCUT2D eigenvalue weighted by Crippen LogP contribution is -2.49. The highest BCUT2D eigenvalue weighted by molar-refractivity contribution is 5.97. The Morgan fingerprint density at radius 1 is 1.09 bits per heavy atom. The Morgan fingerprint density at radius 2 is 1.77 bits per heavy atom. The quantitative estimate of drug-likeness (QED) is 0.246. The van der Waals surface area contributed by atoms with Crippen LogP contribution in [-0.2, 0) is 14.3 Å². The third-order valence-electron chi connectivity index (χ3n) is 6.51. The minimum Gasteiger partial charge on any atom is -0.474 e. The van der Waals surface area contributed by atoms with E-state index in [-0.39, 0.29) is 6.61 Å². The van der Waals surface area contributed by atoms with Gasteiger partial charge in [-0.1, -0.05) is 12.1 Å². The molecule has 222 valence electrons. The Labute approximate surface area is 248 Å². The molecule has 4 rings (SSSR count). The van der Waals surface area contributed by atoms with Crippen LogP contribution in [0.15, 0.2) is 60.9 Å². The molecule has 1 N–H and O–H groups in total. The summed E-state index contributed by atoms with van der Waals surface area (Å²) in [5.41, 5.74) is 1.54. The van der Waals surface area contributed by atoms with Gasteiger partial charge in [-0.3, -0.25) is 4.79 Å². The number of nitrogens with zero attached hydrogens (tertiary/aromatic N) is 4. The van der Waals surface area contributed by atoms with E-state index in [4.69, 9.17) is 18.9 Å². The third-order valence-corrected chi connectivity index (χ3v) is 6.51. The number of methoxy groups -OCH3 is 1. The molecule has 43 heavy (non-hydrogen) atoms. The van der Waals surface area contributed by atoms with Crippen molar-refractivity contribution in [2.24, 2.45) is 0 Å². The van der Waals surface area contributed by atoms with Gasteiger partial charge in [0.25, 0.3) is 5.91 Å². The summed E-state index contributed by atoms with van der Waals surface area (Å²) in [6.45, 7) is 6.65. The molecule has 2 heterocycles. The molecule has 4 aromatic rings. The molecule has 0 aliphatic heterocycles. The van der Waals surface area contributed by atoms with Gasteiger partial charge in [0.2, 0.25) is 0 Å². The maximum Gasteiger partial charge on any atom is 0.416 e. The van der Waals surface area contributed by atoms with Crippen molar-refractivity contribution in [3.8, 4) is 23.3 Å². The number of fused-ring (bicyclic) bond motifs is 1. The first-order valence-electron chi connectivity index (χ1n) is 13.3. The van der Waals surface area contributed by atoms with Gasteiger partial charge in [-0.25, -0.2) is 19.0 Å². The summed E-state index contributed by atoms with van der Waals surface area (Å²) >= 11 is 0. The fourth-order valence-corrected chi connectivity index (χ4v) is 4.34. The Hall–Kier alpha value is -5.57. The number of carbonyl (C=O) groups excluding carboxylic acids is 3. The highest BCUT2D eigenvalue weighted by atomic mass is 16.6. The fraction of sp³-hybridized carbons (Fsp3) is 0.258. The van der Waals surface area contributed by atoms with Crippen LogP contribution in [0, 0.1) is 18.3 Å². The highest BCUT2D eigenvalue weighted by Gasteiger charge is 2.36. The number of aryl methyl sites for hydroxylation is 1. The number of anilines is 2. The van der Waals surface area contributed by atoms with Gasteiger partial charge < -0.3 is 24.3 Å². The largest absolute Gasteiger partial charge is 0.474 e. The van der Waals surface area contributed by atoms with Crippen molar-refractivity contribution in [2.75, 3.05) is 26.1 Å². The molecule has 2 aromatic heterocycles. The standard InChI is InChI=1S/C31H31N5O7/c1-7-41-30(39)35(5)29(38)31(3,4)43-25-11-9-8-10-24(25)42-22-14-12-21(13-15-22)34-26-20(16-32)17-33-36-18-23(28(37)40-6)19(2)27(26)36/h8-15,17-18,34H,7H2,1-6H3. The van der Waals surface area contributed by atoms with Crippen LogP contribution < -0.4 is 14.8 Å². The van der Waals surface area contributed by atoms with Crippen molar-refractivity contribution in [2.45, 2.75) is 33.3 Å². The van der Waals surface area contributed by atoms with Crippen molar-refractivity contribution in [3.05, 3.63) is 77.6 Å². The van der Waals surface area contributed by atoms with Crippen molar-refractivity contribution in [3.63, 3.8) is 0 Å². The summed E-state index contributed by atoms with van der Waals surface area (Å²) in [5.74, 6) is 0.0292. The molecule has 0 saturated heterocycles. The van der Waals surface area contributed by atoms with E-state index in [2.05, 4.69) is 16.5 Å². The molecule has 2 aromatic carbocycles. The zero-order valence-corrected chi connectivity index (χ0v) is 24.6. The number of ether oxygens (including phenoxy) is 4. The number of hydrogen-bond donors (Lipinski definition) is 1. The Kier molecular flexibility index (Phi) is 8.85. The molecule has 2 amide bonds. The molecule has 12 heteroatoms. The molecule has 0 saturated carbocycles. The van der Waals surface area contributed by atoms with Crippen LogP contribution in [0.25, 0.3) is 5.52 Å². The van der Waals surface area contributed by atoms with Gasteiger partial charge in [-0.2, -0.15) is 10.4 Å². The molecule has 0 unspecified atom stereocenters. The van der Waals surface area contributed by atoms with Gasteiger partial charge in [-0.15, -0.1) is 0 Å². The summed E-state index contributed by atoms with van der Waals surface area (Å²) in [6, 6.07) is 16.0. The van der Waals surface area contributed by atoms with Gasteiger partial charge in [0.15, 0.2) is 17.1 Å². The van der Waals surface area contributed by atoms with E-state index in [0.29, 0.717) is 50.8 Å². The van der Waals surface area contributed by atoms with Crippen molar-refractivity contribution in [1.29, 1.82) is 5.26 Å². The number of benzene rings is 2. The summed E-state index contributed by atoms with van der Waals surface area (Å²) in [4.78, 5) is 38.1. The first kappa shape index (κ1) is 30.4. The Morgan fingerprint density at radius 3 is 2.40 bits per heavy atom. The molecule has 0 aliphatic rings. The number of nitrogens with one attached hydrogen (secondary N) is 1. The molecular formula is C31H31N5O7. The highest BCUT2D eigenvalue weighted by Crippen LogP contribution is 2.35. The monoisotopic (exact) mass is 585 g/mol. The minimum absolute atomic E-state index is 0.136. The number of imide groups is 1. The van der Waals surface area contributed by atoms with Crippen molar-refractivity contribution >= 4 is 34.9 Å². The molecule has 0 bridgehead atoms. The third kappa shape index (κ3) is 6.36. The van der Waals surface area contributed by atoms with Crippen LogP contribution in [0.4, 0.5) is 16.2 Å². The van der Waals surface area contributed by atoms with Gasteiger partial charge in [0.05, 0.1) is 42.2 Å². The second-order valence-electron chi connectivity index (χ2n) is 9.87. The second kappa shape index (κ2) is 12.5. The molecule has 0 radical (unpaired) electrons. The lowest BCUT2D eigenvalue weighted by atomic mass is 10.1. The maximum absolute atomic E-state index is 12.9. The number of amides is 2. The topological polar surface area (TPSA) is 144 Å². The van der Waals surface area contributed by atoms with E-state index in [9.17, 15) is 19.6 Å². The zero-order chi connectivity index (χ0) is 31.3. The van der Waals surface area contributed by atoms with Crippen LogP contribution in [0.5, 0.6) is 17.2 Å². The summed E-state index contributed by atoms with van der Waals surface area (Å²) < 4.78 is 23.4. The van der Waals surface area contributed by atoms with E-state index in [1.165, 1.54) is 24.9 Å². The average Bonchev–Trinajstić information content (AvgIpc) is 3.34. The number of likely N-dealkylation sites (N-methyl/N-ethyl adjacent to an activating group) is 1. The predicted molar refractivity (Wildman–Crippen MR) is 157 cm³/mol. The van der Waals surface area contributed by atoms with Gasteiger partial charge in [0, 0.05) is 18.9 Å². The Balaban J connectivity index is 1.55. The van der Waals surface area contributed by atoms with E-state index in [1.807, 2.05) is 0 Å². The van der Waals surface area contributed by atoms with E-state index < -0.39 is 23.6 Å². The van der Waals surface area contributed by atoms with Crippen LogP contribution >= 0.6 is 0 Å². The van der Waals surface area contributed by atoms with E-state index in [1.54, 1.807) is 82.4 Å². The normalized spacial score (nSPS) is 10.9. The fourth-order valence-electron chi connectivity index (χ4n) is 4.34. The minimum atomic E-state index is -1.41. The number of carbonyl (C=O) groups is 3. The molecule has 0 aliphatic carbocycles. The summed E-state index contributed by atoms with van der Waals surface area (Å²) in [6.07, 6.45) is 2.21. The predicted octanol–water partition coefficient (Wildman–Crippen LogP) is 5.61. The average molecular weight is 586 g/mol. The molecule has 12 nitrogen and oxygen atoms in total. The van der Waals surface area contributed by atoms with E-state index >= 15 is 0 Å². The first-order chi connectivity index (χ1) is 20.5. The number of aromatic nitrogens is 2. The lowest BCUT2D eigenvalue weighted by Gasteiger charge is -2.29. The number of hydrogen-bond acceptors (Lipinski definition) is 10. The SMILES string of the molecule is CCOC(=O)N(C)C(=O)C(C)(C)Oc1ccccc1Oc1ccc(Nc2c(C#N)cnn3cc(C(=O)OC)c(C)c23)cc1. The van der Waals surface area contributed by atoms with Gasteiger partial charge >= 0.3 is 12.1 Å². The lowest BCUT2D eigenvalue weighted by molar-refractivity contribution is -0.142. The smallest absolute Gasteiger partial charge is 0.416 e. The summed E-state index contributed by atoms with van der Waals surface area (Å²) in [7, 11) is 2.63. The number of nitriles is 1. The Bertz CT molecular complexity index is 1720. The van der Waals surface area contributed by atoms with Crippen LogP contribution in [0.2, 0.25) is 0 Å². The van der Waals surface area contributed by atoms with E-state index in [0.717, 1.165) is 4.90 Å². The number of para-hydroxylation sites is 2. The van der Waals surface area contributed by atoms with Gasteiger partial charge in [0.1, 0.15) is 11.8 Å². The molecule has 0 atom stereocenters. The van der Waals surface area contributed by atoms with Crippen LogP contribution in [0.1, 0.15) is 42.3 Å². The molecular weight excluding hydrogens is 554 g/mol. The van der Waals surface area contributed by atoms with Gasteiger partial charge in [-0.05, 0) is 69.7 Å². The first-order valence-corrected chi connectivity index (χ1v) is 13.3. The van der Waals surface area contributed by atoms with Crippen molar-refractivity contribution in [1.82, 2.24) is 14.5 Å². The maximum atomic E-state index is 12.9. The van der Waals surface area contributed by atoms with Crippen LogP contribution in [0.3, 0.4) is 0 Å². The van der Waals surface area contributed by atoms with Crippen molar-refractivity contribution < 1.29 is 33.3 Å². The van der Waals surface area contributed by atoms with Crippen LogP contribution in [-0.4, -0.2) is 58.8 Å². The summed E-state index contributed by atoms with van der Waals surface area (Å²) in [5, 5.41) is 17.2. The zero-order valence-electron chi connectivity index (χ0n) is 24.6. The number of esters is 1. The molecule has 0 fully saturated rings.